The number of aliphatic imine (C=N–C) groups is 1. The molecular weight excluding hydrogens is 266 g/mol. The zero-order chi connectivity index (χ0) is 13.7. The number of phenolic OH excluding ortho intramolecular Hbond substituents is 1. The number of hydrogen-bond donors (Lipinski definition) is 3. The van der Waals surface area contributed by atoms with Gasteiger partial charge >= 0.3 is 0 Å². The minimum atomic E-state index is -0.00136. The number of nitriles is 1. The van der Waals surface area contributed by atoms with Gasteiger partial charge in [-0.2, -0.15) is 10.5 Å². The average Bonchev–Trinajstić information content (AvgIpc) is 2.94. The van der Waals surface area contributed by atoms with E-state index in [1.165, 1.54) is 17.8 Å². The van der Waals surface area contributed by atoms with Crippen LogP contribution in [0.1, 0.15) is 0 Å². The number of aromatic hydroxyl groups is 1. The topological polar surface area (TPSA) is 123 Å². The molecule has 0 unspecified atom stereocenters. The number of hydrogen-bond acceptors (Lipinski definition) is 7. The van der Waals surface area contributed by atoms with Crippen LogP contribution >= 0.6 is 11.8 Å². The molecule has 1 heterocycles. The summed E-state index contributed by atoms with van der Waals surface area (Å²) in [6.07, 6.45) is 3.54. The molecule has 19 heavy (non-hydrogen) atoms. The largest absolute Gasteiger partial charge is 0.506 e. The summed E-state index contributed by atoms with van der Waals surface area (Å²) in [5.41, 5.74) is 0.970. The second-order valence-corrected chi connectivity index (χ2v) is 4.09. The standard InChI is InChI=1S/C10H9N7OS/c1-19-10(12-5-11)13-7-4-6(2-3-8(7)18)9-14-16-17-15-9/h2-4,18H,1H3,(H,12,13)(H,14,15,16,17). The van der Waals surface area contributed by atoms with Gasteiger partial charge in [-0.25, -0.2) is 4.99 Å². The molecule has 0 aliphatic carbocycles. The Kier molecular flexibility index (Phi) is 3.94. The molecule has 96 valence electrons. The number of aromatic nitrogens is 4. The third-order valence-electron chi connectivity index (χ3n) is 2.16. The van der Waals surface area contributed by atoms with Crippen molar-refractivity contribution in [1.29, 1.82) is 5.26 Å². The predicted molar refractivity (Wildman–Crippen MR) is 70.6 cm³/mol. The van der Waals surface area contributed by atoms with E-state index in [1.807, 2.05) is 0 Å². The van der Waals surface area contributed by atoms with Crippen molar-refractivity contribution >= 4 is 22.6 Å². The lowest BCUT2D eigenvalue weighted by molar-refractivity contribution is 0.477. The van der Waals surface area contributed by atoms with Gasteiger partial charge in [-0.05, 0) is 29.7 Å². The first-order chi connectivity index (χ1) is 9.24. The number of phenols is 1. The summed E-state index contributed by atoms with van der Waals surface area (Å²) in [5, 5.41) is 34.6. The molecule has 0 aliphatic rings. The molecule has 2 aromatic rings. The summed E-state index contributed by atoms with van der Waals surface area (Å²) < 4.78 is 0. The molecule has 9 heteroatoms. The van der Waals surface area contributed by atoms with Crippen molar-refractivity contribution in [2.45, 2.75) is 0 Å². The smallest absolute Gasteiger partial charge is 0.204 e. The molecular formula is C10H9N7OS. The van der Waals surface area contributed by atoms with Gasteiger partial charge in [0.15, 0.2) is 11.4 Å². The van der Waals surface area contributed by atoms with Gasteiger partial charge in [0.25, 0.3) is 0 Å². The van der Waals surface area contributed by atoms with Gasteiger partial charge in [-0.3, -0.25) is 5.32 Å². The molecule has 2 rings (SSSR count). The molecule has 0 fully saturated rings. The number of H-pyrrole nitrogens is 1. The van der Waals surface area contributed by atoms with Crippen LogP contribution in [0, 0.1) is 11.5 Å². The first kappa shape index (κ1) is 12.8. The number of benzene rings is 1. The zero-order valence-corrected chi connectivity index (χ0v) is 10.6. The minimum Gasteiger partial charge on any atom is -0.506 e. The van der Waals surface area contributed by atoms with Crippen LogP contribution in [0.15, 0.2) is 23.2 Å². The number of nitrogens with one attached hydrogen (secondary N) is 2. The summed E-state index contributed by atoms with van der Waals surface area (Å²) in [6.45, 7) is 0. The van der Waals surface area contributed by atoms with Crippen molar-refractivity contribution in [2.75, 3.05) is 6.26 Å². The van der Waals surface area contributed by atoms with Gasteiger partial charge < -0.3 is 5.11 Å². The molecule has 1 aromatic carbocycles. The fourth-order valence-electron chi connectivity index (χ4n) is 1.32. The third-order valence-corrected chi connectivity index (χ3v) is 2.74. The molecule has 0 saturated carbocycles. The lowest BCUT2D eigenvalue weighted by Crippen LogP contribution is -2.12. The van der Waals surface area contributed by atoms with Gasteiger partial charge in [0.2, 0.25) is 5.82 Å². The number of tetrazole rings is 1. The number of aromatic amines is 1. The van der Waals surface area contributed by atoms with E-state index in [1.54, 1.807) is 24.6 Å². The molecule has 0 atom stereocenters. The van der Waals surface area contributed by atoms with Gasteiger partial charge in [0, 0.05) is 5.56 Å². The second-order valence-electron chi connectivity index (χ2n) is 3.30. The Morgan fingerprint density at radius 1 is 1.58 bits per heavy atom. The van der Waals surface area contributed by atoms with Crippen LogP contribution in [-0.2, 0) is 0 Å². The van der Waals surface area contributed by atoms with Crippen LogP contribution in [-0.4, -0.2) is 37.2 Å². The van der Waals surface area contributed by atoms with Crippen LogP contribution in [0.2, 0.25) is 0 Å². The van der Waals surface area contributed by atoms with E-state index in [2.05, 4.69) is 30.9 Å². The quantitative estimate of drug-likeness (QED) is 0.323. The molecule has 0 aliphatic heterocycles. The maximum atomic E-state index is 9.75. The Labute approximate surface area is 112 Å². The lowest BCUT2D eigenvalue weighted by atomic mass is 10.2. The van der Waals surface area contributed by atoms with E-state index >= 15 is 0 Å². The van der Waals surface area contributed by atoms with Crippen molar-refractivity contribution in [3.8, 4) is 23.3 Å². The van der Waals surface area contributed by atoms with Crippen LogP contribution in [0.5, 0.6) is 5.75 Å². The molecule has 0 spiro atoms. The van der Waals surface area contributed by atoms with Gasteiger partial charge in [-0.1, -0.05) is 11.8 Å². The third kappa shape index (κ3) is 2.99. The first-order valence-electron chi connectivity index (χ1n) is 5.09. The fourth-order valence-corrected chi connectivity index (χ4v) is 1.66. The summed E-state index contributed by atoms with van der Waals surface area (Å²) in [5.74, 6) is 0.397. The molecule has 0 amide bonds. The van der Waals surface area contributed by atoms with Crippen LogP contribution in [0.3, 0.4) is 0 Å². The van der Waals surface area contributed by atoms with E-state index in [0.29, 0.717) is 22.2 Å². The summed E-state index contributed by atoms with van der Waals surface area (Å²) in [4.78, 5) is 4.15. The Balaban J connectivity index is 2.40. The minimum absolute atomic E-state index is 0.00136. The highest BCUT2D eigenvalue weighted by molar-refractivity contribution is 8.13. The average molecular weight is 275 g/mol. The molecule has 0 saturated heterocycles. The Hall–Kier alpha value is -2.60. The maximum Gasteiger partial charge on any atom is 0.204 e. The normalized spacial score (nSPS) is 11.1. The first-order valence-corrected chi connectivity index (χ1v) is 6.31. The van der Waals surface area contributed by atoms with E-state index in [0.717, 1.165) is 0 Å². The van der Waals surface area contributed by atoms with E-state index < -0.39 is 0 Å². The van der Waals surface area contributed by atoms with Gasteiger partial charge in [-0.15, -0.1) is 10.2 Å². The summed E-state index contributed by atoms with van der Waals surface area (Å²) in [7, 11) is 0. The molecule has 1 aromatic heterocycles. The van der Waals surface area contributed by atoms with E-state index in [4.69, 9.17) is 5.26 Å². The zero-order valence-electron chi connectivity index (χ0n) is 9.82. The van der Waals surface area contributed by atoms with Crippen molar-refractivity contribution in [2.24, 2.45) is 4.99 Å². The highest BCUT2D eigenvalue weighted by Crippen LogP contribution is 2.31. The predicted octanol–water partition coefficient (Wildman–Crippen LogP) is 0.993. The van der Waals surface area contributed by atoms with Crippen LogP contribution in [0.4, 0.5) is 5.69 Å². The maximum absolute atomic E-state index is 9.75. The number of thioether (sulfide) groups is 1. The van der Waals surface area contributed by atoms with E-state index in [-0.39, 0.29) is 5.75 Å². The number of amidine groups is 1. The number of rotatable bonds is 2. The summed E-state index contributed by atoms with van der Waals surface area (Å²) in [6, 6.07) is 4.74. The van der Waals surface area contributed by atoms with Crippen molar-refractivity contribution < 1.29 is 5.11 Å². The molecule has 3 N–H and O–H groups in total. The van der Waals surface area contributed by atoms with Crippen molar-refractivity contribution in [1.82, 2.24) is 25.9 Å². The van der Waals surface area contributed by atoms with Crippen molar-refractivity contribution in [3.05, 3.63) is 18.2 Å². The van der Waals surface area contributed by atoms with Gasteiger partial charge in [0.1, 0.15) is 11.4 Å². The van der Waals surface area contributed by atoms with Crippen molar-refractivity contribution in [3.63, 3.8) is 0 Å². The Bertz CT molecular complexity index is 632. The van der Waals surface area contributed by atoms with E-state index in [9.17, 15) is 5.11 Å². The lowest BCUT2D eigenvalue weighted by Gasteiger charge is -2.03. The second kappa shape index (κ2) is 5.83. The monoisotopic (exact) mass is 275 g/mol. The highest BCUT2D eigenvalue weighted by Gasteiger charge is 2.08. The highest BCUT2D eigenvalue weighted by atomic mass is 32.2. The van der Waals surface area contributed by atoms with Gasteiger partial charge in [0.05, 0.1) is 0 Å². The van der Waals surface area contributed by atoms with Crippen LogP contribution in [0.25, 0.3) is 11.4 Å². The Morgan fingerprint density at radius 2 is 2.42 bits per heavy atom. The fraction of sp³-hybridized carbons (Fsp3) is 0.100. The summed E-state index contributed by atoms with van der Waals surface area (Å²) >= 11 is 1.26. The Morgan fingerprint density at radius 3 is 3.05 bits per heavy atom. The SMILES string of the molecule is CSC(=Nc1cc(-c2nn[nH]n2)ccc1O)NC#N. The molecule has 0 radical (unpaired) electrons. The molecule has 8 nitrogen and oxygen atoms in total. The number of nitrogens with zero attached hydrogens (tertiary/aromatic N) is 5. The molecule has 0 bridgehead atoms. The van der Waals surface area contributed by atoms with Crippen LogP contribution < -0.4 is 5.32 Å².